The molecule has 1 N–H and O–H groups in total. The lowest BCUT2D eigenvalue weighted by atomic mass is 10.0. The zero-order chi connectivity index (χ0) is 16.1. The highest BCUT2D eigenvalue weighted by atomic mass is 32.1. The van der Waals surface area contributed by atoms with E-state index in [0.717, 1.165) is 16.0 Å². The molecule has 0 bridgehead atoms. The molecule has 3 aromatic rings. The average Bonchev–Trinajstić information content (AvgIpc) is 3.10. The monoisotopic (exact) mass is 321 g/mol. The summed E-state index contributed by atoms with van der Waals surface area (Å²) in [6.07, 6.45) is 0.398. The van der Waals surface area contributed by atoms with Gasteiger partial charge in [0.25, 0.3) is 0 Å². The van der Waals surface area contributed by atoms with Gasteiger partial charge in [-0.25, -0.2) is 0 Å². The minimum atomic E-state index is -0.0888. The van der Waals surface area contributed by atoms with Crippen molar-refractivity contribution in [1.29, 1.82) is 0 Å². The maximum absolute atomic E-state index is 12.5. The van der Waals surface area contributed by atoms with Crippen LogP contribution in [0.15, 0.2) is 72.1 Å². The molecule has 1 heterocycles. The third-order valence-electron chi connectivity index (χ3n) is 3.75. The van der Waals surface area contributed by atoms with Crippen LogP contribution >= 0.6 is 11.3 Å². The zero-order valence-electron chi connectivity index (χ0n) is 13.0. The molecular formula is C20H19NOS. The lowest BCUT2D eigenvalue weighted by Crippen LogP contribution is -2.30. The van der Waals surface area contributed by atoms with Crippen LogP contribution in [0.3, 0.4) is 0 Å². The van der Waals surface area contributed by atoms with Gasteiger partial charge in [-0.3, -0.25) is 4.79 Å². The molecule has 0 radical (unpaired) electrons. The van der Waals surface area contributed by atoms with Crippen LogP contribution in [0.2, 0.25) is 0 Å². The van der Waals surface area contributed by atoms with Gasteiger partial charge in [0.2, 0.25) is 5.91 Å². The van der Waals surface area contributed by atoms with Crippen LogP contribution in [0.1, 0.15) is 27.6 Å². The molecule has 3 heteroatoms. The molecule has 1 unspecified atom stereocenters. The van der Waals surface area contributed by atoms with Crippen LogP contribution < -0.4 is 5.32 Å². The highest BCUT2D eigenvalue weighted by Gasteiger charge is 2.17. The topological polar surface area (TPSA) is 29.1 Å². The fourth-order valence-electron chi connectivity index (χ4n) is 2.52. The van der Waals surface area contributed by atoms with Gasteiger partial charge in [-0.1, -0.05) is 66.2 Å². The van der Waals surface area contributed by atoms with Crippen LogP contribution in [0.25, 0.3) is 0 Å². The maximum Gasteiger partial charge on any atom is 0.225 e. The number of thiophene rings is 1. The highest BCUT2D eigenvalue weighted by Crippen LogP contribution is 2.26. The van der Waals surface area contributed by atoms with Crippen molar-refractivity contribution in [2.24, 2.45) is 0 Å². The summed E-state index contributed by atoms with van der Waals surface area (Å²) in [6.45, 7) is 2.05. The van der Waals surface area contributed by atoms with E-state index in [1.165, 1.54) is 5.56 Å². The predicted octanol–water partition coefficient (Wildman–Crippen LogP) is 4.50. The minimum Gasteiger partial charge on any atom is -0.344 e. The third kappa shape index (κ3) is 4.08. The van der Waals surface area contributed by atoms with E-state index >= 15 is 0 Å². The van der Waals surface area contributed by atoms with E-state index < -0.39 is 0 Å². The molecule has 3 rings (SSSR count). The number of benzene rings is 2. The second-order valence-electron chi connectivity index (χ2n) is 5.59. The van der Waals surface area contributed by atoms with Gasteiger partial charge < -0.3 is 5.32 Å². The van der Waals surface area contributed by atoms with Crippen LogP contribution in [-0.2, 0) is 11.2 Å². The Bertz CT molecular complexity index is 748. The van der Waals surface area contributed by atoms with Crippen LogP contribution in [-0.4, -0.2) is 5.91 Å². The molecule has 116 valence electrons. The Balaban J connectivity index is 1.76. The van der Waals surface area contributed by atoms with Crippen molar-refractivity contribution in [3.05, 3.63) is 93.7 Å². The molecule has 0 saturated carbocycles. The molecule has 0 aliphatic carbocycles. The van der Waals surface area contributed by atoms with Crippen LogP contribution in [0.5, 0.6) is 0 Å². The van der Waals surface area contributed by atoms with Gasteiger partial charge in [-0.15, -0.1) is 11.3 Å². The van der Waals surface area contributed by atoms with E-state index in [-0.39, 0.29) is 11.9 Å². The van der Waals surface area contributed by atoms with Gasteiger partial charge in [0, 0.05) is 4.88 Å². The van der Waals surface area contributed by atoms with Gasteiger partial charge in [-0.05, 0) is 29.5 Å². The first-order valence-electron chi connectivity index (χ1n) is 7.65. The first-order valence-corrected chi connectivity index (χ1v) is 8.53. The average molecular weight is 321 g/mol. The molecule has 1 aromatic heterocycles. The summed E-state index contributed by atoms with van der Waals surface area (Å²) >= 11 is 1.66. The van der Waals surface area contributed by atoms with Crippen molar-refractivity contribution >= 4 is 17.2 Å². The fraction of sp³-hybridized carbons (Fsp3) is 0.150. The summed E-state index contributed by atoms with van der Waals surface area (Å²) in [5.74, 6) is 0.0381. The number of hydrogen-bond acceptors (Lipinski definition) is 2. The standard InChI is InChI=1S/C20H19NOS/c1-15-9-11-16(12-10-15)14-19(22)21-20(18-8-5-13-23-18)17-6-3-2-4-7-17/h2-13,20H,14H2,1H3,(H,21,22). The summed E-state index contributed by atoms with van der Waals surface area (Å²) in [7, 11) is 0. The van der Waals surface area contributed by atoms with Crippen molar-refractivity contribution in [1.82, 2.24) is 5.32 Å². The molecule has 0 fully saturated rings. The smallest absolute Gasteiger partial charge is 0.225 e. The van der Waals surface area contributed by atoms with E-state index in [4.69, 9.17) is 0 Å². The summed E-state index contributed by atoms with van der Waals surface area (Å²) in [5, 5.41) is 5.21. The SMILES string of the molecule is Cc1ccc(CC(=O)NC(c2ccccc2)c2cccs2)cc1. The second-order valence-corrected chi connectivity index (χ2v) is 6.57. The molecule has 2 nitrogen and oxygen atoms in total. The van der Waals surface area contributed by atoms with E-state index in [9.17, 15) is 4.79 Å². The van der Waals surface area contributed by atoms with E-state index in [0.29, 0.717) is 6.42 Å². The first-order chi connectivity index (χ1) is 11.2. The van der Waals surface area contributed by atoms with Crippen LogP contribution in [0, 0.1) is 6.92 Å². The van der Waals surface area contributed by atoms with E-state index in [2.05, 4.69) is 23.5 Å². The normalized spacial score (nSPS) is 11.9. The summed E-state index contributed by atoms with van der Waals surface area (Å²) < 4.78 is 0. The van der Waals surface area contributed by atoms with Gasteiger partial charge in [-0.2, -0.15) is 0 Å². The Morgan fingerprint density at radius 3 is 2.39 bits per heavy atom. The number of aryl methyl sites for hydroxylation is 1. The number of carbonyl (C=O) groups is 1. The lowest BCUT2D eigenvalue weighted by Gasteiger charge is -2.18. The van der Waals surface area contributed by atoms with Gasteiger partial charge in [0.05, 0.1) is 12.5 Å². The van der Waals surface area contributed by atoms with Crippen molar-refractivity contribution < 1.29 is 4.79 Å². The lowest BCUT2D eigenvalue weighted by molar-refractivity contribution is -0.120. The largest absolute Gasteiger partial charge is 0.344 e. The van der Waals surface area contributed by atoms with Crippen molar-refractivity contribution in [3.63, 3.8) is 0 Å². The Morgan fingerprint density at radius 2 is 1.74 bits per heavy atom. The molecule has 0 aliphatic heterocycles. The van der Waals surface area contributed by atoms with Crippen molar-refractivity contribution in [3.8, 4) is 0 Å². The van der Waals surface area contributed by atoms with Gasteiger partial charge in [0.15, 0.2) is 0 Å². The molecule has 23 heavy (non-hydrogen) atoms. The van der Waals surface area contributed by atoms with E-state index in [1.807, 2.05) is 60.8 Å². The number of amides is 1. The number of nitrogens with one attached hydrogen (secondary N) is 1. The quantitative estimate of drug-likeness (QED) is 0.736. The molecular weight excluding hydrogens is 302 g/mol. The Kier molecular flexibility index (Phi) is 4.89. The number of carbonyl (C=O) groups excluding carboxylic acids is 1. The van der Waals surface area contributed by atoms with Gasteiger partial charge in [0.1, 0.15) is 0 Å². The third-order valence-corrected chi connectivity index (χ3v) is 4.69. The van der Waals surface area contributed by atoms with Crippen molar-refractivity contribution in [2.45, 2.75) is 19.4 Å². The minimum absolute atomic E-state index is 0.0381. The molecule has 0 aliphatic rings. The Hall–Kier alpha value is -2.39. The fourth-order valence-corrected chi connectivity index (χ4v) is 3.33. The predicted molar refractivity (Wildman–Crippen MR) is 95.6 cm³/mol. The van der Waals surface area contributed by atoms with Crippen molar-refractivity contribution in [2.75, 3.05) is 0 Å². The van der Waals surface area contributed by atoms with E-state index in [1.54, 1.807) is 11.3 Å². The summed E-state index contributed by atoms with van der Waals surface area (Å²) in [4.78, 5) is 13.6. The molecule has 1 atom stereocenters. The molecule has 0 spiro atoms. The molecule has 2 aromatic carbocycles. The highest BCUT2D eigenvalue weighted by molar-refractivity contribution is 7.10. The second kappa shape index (κ2) is 7.25. The molecule has 1 amide bonds. The first kappa shape index (κ1) is 15.5. The number of rotatable bonds is 5. The Labute approximate surface area is 140 Å². The molecule has 0 saturated heterocycles. The van der Waals surface area contributed by atoms with Crippen LogP contribution in [0.4, 0.5) is 0 Å². The van der Waals surface area contributed by atoms with Gasteiger partial charge >= 0.3 is 0 Å². The maximum atomic E-state index is 12.5. The Morgan fingerprint density at radius 1 is 1.00 bits per heavy atom. The zero-order valence-corrected chi connectivity index (χ0v) is 13.8. The summed E-state index contributed by atoms with van der Waals surface area (Å²) in [5.41, 5.74) is 3.34. The number of hydrogen-bond donors (Lipinski definition) is 1. The summed E-state index contributed by atoms with van der Waals surface area (Å²) in [6, 6.07) is 22.2.